The van der Waals surface area contributed by atoms with Gasteiger partial charge in [0, 0.05) is 25.3 Å². The van der Waals surface area contributed by atoms with E-state index in [4.69, 9.17) is 5.73 Å². The first kappa shape index (κ1) is 12.7. The number of likely N-dealkylation sites (N-methyl/N-ethyl adjacent to an activating group) is 1. The summed E-state index contributed by atoms with van der Waals surface area (Å²) < 4.78 is 13.5. The topological polar surface area (TPSA) is 29.3 Å². The van der Waals surface area contributed by atoms with Gasteiger partial charge in [0.15, 0.2) is 0 Å². The summed E-state index contributed by atoms with van der Waals surface area (Å²) in [6.45, 7) is 8.02. The van der Waals surface area contributed by atoms with Gasteiger partial charge in [0.2, 0.25) is 0 Å². The highest BCUT2D eigenvalue weighted by atomic mass is 19.1. The monoisotopic (exact) mass is 222 g/mol. The van der Waals surface area contributed by atoms with E-state index in [2.05, 4.69) is 6.58 Å². The van der Waals surface area contributed by atoms with Crippen LogP contribution in [0.4, 0.5) is 10.1 Å². The van der Waals surface area contributed by atoms with Crippen LogP contribution in [0.2, 0.25) is 0 Å². The van der Waals surface area contributed by atoms with Gasteiger partial charge in [-0.1, -0.05) is 6.08 Å². The quantitative estimate of drug-likeness (QED) is 0.794. The fourth-order valence-electron chi connectivity index (χ4n) is 1.67. The molecule has 0 aliphatic carbocycles. The SMILES string of the molecule is C=CCN(C)c1cc(C)c(F)cc1[C@H](C)N. The van der Waals surface area contributed by atoms with E-state index >= 15 is 0 Å². The number of nitrogens with zero attached hydrogens (tertiary/aromatic N) is 1. The predicted molar refractivity (Wildman–Crippen MR) is 67.2 cm³/mol. The maximum Gasteiger partial charge on any atom is 0.126 e. The van der Waals surface area contributed by atoms with Crippen molar-refractivity contribution < 1.29 is 4.39 Å². The molecule has 3 heteroatoms. The summed E-state index contributed by atoms with van der Waals surface area (Å²) in [7, 11) is 1.94. The van der Waals surface area contributed by atoms with Crippen LogP contribution in [-0.2, 0) is 0 Å². The number of rotatable bonds is 4. The molecule has 0 radical (unpaired) electrons. The maximum absolute atomic E-state index is 13.5. The highest BCUT2D eigenvalue weighted by Gasteiger charge is 2.13. The van der Waals surface area contributed by atoms with E-state index in [-0.39, 0.29) is 11.9 Å². The van der Waals surface area contributed by atoms with Gasteiger partial charge in [0.05, 0.1) is 0 Å². The summed E-state index contributed by atoms with van der Waals surface area (Å²) in [4.78, 5) is 2.01. The summed E-state index contributed by atoms with van der Waals surface area (Å²) in [6, 6.07) is 3.17. The van der Waals surface area contributed by atoms with E-state index < -0.39 is 0 Å². The third-order valence-electron chi connectivity index (χ3n) is 2.61. The molecule has 1 rings (SSSR count). The number of nitrogens with two attached hydrogens (primary N) is 1. The Morgan fingerprint density at radius 2 is 2.19 bits per heavy atom. The van der Waals surface area contributed by atoms with Crippen LogP contribution in [0.5, 0.6) is 0 Å². The molecule has 0 heterocycles. The lowest BCUT2D eigenvalue weighted by molar-refractivity contribution is 0.613. The second-order valence-corrected chi connectivity index (χ2v) is 4.12. The van der Waals surface area contributed by atoms with Crippen molar-refractivity contribution in [2.75, 3.05) is 18.5 Å². The van der Waals surface area contributed by atoms with Crippen LogP contribution in [0.1, 0.15) is 24.1 Å². The van der Waals surface area contributed by atoms with Crippen molar-refractivity contribution in [3.8, 4) is 0 Å². The number of benzene rings is 1. The molecular formula is C13H19FN2. The van der Waals surface area contributed by atoms with E-state index in [9.17, 15) is 4.39 Å². The van der Waals surface area contributed by atoms with Gasteiger partial charge in [-0.05, 0) is 37.1 Å². The first-order chi connectivity index (χ1) is 7.47. The Morgan fingerprint density at radius 3 is 2.69 bits per heavy atom. The van der Waals surface area contributed by atoms with Gasteiger partial charge >= 0.3 is 0 Å². The van der Waals surface area contributed by atoms with Crippen LogP contribution in [0.25, 0.3) is 0 Å². The third kappa shape index (κ3) is 2.61. The van der Waals surface area contributed by atoms with Gasteiger partial charge in [0.25, 0.3) is 0 Å². The highest BCUT2D eigenvalue weighted by Crippen LogP contribution is 2.27. The van der Waals surface area contributed by atoms with Crippen molar-refractivity contribution in [1.82, 2.24) is 0 Å². The van der Waals surface area contributed by atoms with E-state index in [1.54, 1.807) is 6.92 Å². The lowest BCUT2D eigenvalue weighted by atomic mass is 10.0. The maximum atomic E-state index is 13.5. The van der Waals surface area contributed by atoms with Crippen molar-refractivity contribution in [2.24, 2.45) is 5.73 Å². The minimum absolute atomic E-state index is 0.183. The van der Waals surface area contributed by atoms with Crippen LogP contribution in [-0.4, -0.2) is 13.6 Å². The van der Waals surface area contributed by atoms with Crippen molar-refractivity contribution in [2.45, 2.75) is 19.9 Å². The second-order valence-electron chi connectivity index (χ2n) is 4.12. The zero-order valence-corrected chi connectivity index (χ0v) is 10.1. The van der Waals surface area contributed by atoms with Crippen molar-refractivity contribution in [3.05, 3.63) is 41.7 Å². The molecule has 0 saturated carbocycles. The molecule has 0 aliphatic heterocycles. The molecule has 0 bridgehead atoms. The van der Waals surface area contributed by atoms with Crippen LogP contribution < -0.4 is 10.6 Å². The van der Waals surface area contributed by atoms with Crippen LogP contribution in [0.15, 0.2) is 24.8 Å². The van der Waals surface area contributed by atoms with Gasteiger partial charge in [-0.3, -0.25) is 0 Å². The number of hydrogen-bond acceptors (Lipinski definition) is 2. The Labute approximate surface area is 96.6 Å². The zero-order valence-electron chi connectivity index (χ0n) is 10.1. The van der Waals surface area contributed by atoms with E-state index in [1.165, 1.54) is 6.07 Å². The molecule has 0 aromatic heterocycles. The average molecular weight is 222 g/mol. The van der Waals surface area contributed by atoms with E-state index in [0.29, 0.717) is 12.1 Å². The zero-order chi connectivity index (χ0) is 12.3. The Balaban J connectivity index is 3.24. The largest absolute Gasteiger partial charge is 0.371 e. The summed E-state index contributed by atoms with van der Waals surface area (Å²) in [6.07, 6.45) is 1.81. The average Bonchev–Trinajstić information content (AvgIpc) is 2.21. The van der Waals surface area contributed by atoms with E-state index in [0.717, 1.165) is 11.3 Å². The Kier molecular flexibility index (Phi) is 4.07. The molecule has 2 N–H and O–H groups in total. The number of hydrogen-bond donors (Lipinski definition) is 1. The molecule has 0 unspecified atom stereocenters. The molecule has 1 aromatic carbocycles. The molecule has 0 fully saturated rings. The highest BCUT2D eigenvalue weighted by molar-refractivity contribution is 5.56. The van der Waals surface area contributed by atoms with Gasteiger partial charge in [0.1, 0.15) is 5.82 Å². The lowest BCUT2D eigenvalue weighted by Gasteiger charge is -2.23. The van der Waals surface area contributed by atoms with Crippen LogP contribution in [0, 0.1) is 12.7 Å². The normalized spacial score (nSPS) is 12.3. The number of aryl methyl sites for hydroxylation is 1. The molecular weight excluding hydrogens is 203 g/mol. The van der Waals surface area contributed by atoms with Crippen molar-refractivity contribution in [3.63, 3.8) is 0 Å². The molecule has 0 saturated heterocycles. The Bertz CT molecular complexity index is 386. The van der Waals surface area contributed by atoms with Gasteiger partial charge in [-0.2, -0.15) is 0 Å². The van der Waals surface area contributed by atoms with Crippen LogP contribution >= 0.6 is 0 Å². The van der Waals surface area contributed by atoms with Gasteiger partial charge < -0.3 is 10.6 Å². The molecule has 0 spiro atoms. The molecule has 0 aliphatic rings. The molecule has 2 nitrogen and oxygen atoms in total. The van der Waals surface area contributed by atoms with Crippen molar-refractivity contribution >= 4 is 5.69 Å². The first-order valence-corrected chi connectivity index (χ1v) is 5.35. The number of anilines is 1. The van der Waals surface area contributed by atoms with Gasteiger partial charge in [-0.15, -0.1) is 6.58 Å². The molecule has 1 aromatic rings. The summed E-state index contributed by atoms with van der Waals surface area (Å²) in [5.74, 6) is -0.206. The number of halogens is 1. The standard InChI is InChI=1S/C13H19FN2/c1-5-6-16(4)13-7-9(2)12(14)8-11(13)10(3)15/h5,7-8,10H,1,6,15H2,2-4H3/t10-/m0/s1. The predicted octanol–water partition coefficient (Wildman–Crippen LogP) is 2.78. The summed E-state index contributed by atoms with van der Waals surface area (Å²) >= 11 is 0. The van der Waals surface area contributed by atoms with E-state index in [1.807, 2.05) is 31.0 Å². The summed E-state index contributed by atoms with van der Waals surface area (Å²) in [5, 5.41) is 0. The smallest absolute Gasteiger partial charge is 0.126 e. The fourth-order valence-corrected chi connectivity index (χ4v) is 1.67. The minimum atomic E-state index is -0.206. The molecule has 16 heavy (non-hydrogen) atoms. The van der Waals surface area contributed by atoms with Crippen LogP contribution in [0.3, 0.4) is 0 Å². The Morgan fingerprint density at radius 1 is 1.56 bits per heavy atom. The first-order valence-electron chi connectivity index (χ1n) is 5.35. The Hall–Kier alpha value is -1.35. The third-order valence-corrected chi connectivity index (χ3v) is 2.61. The minimum Gasteiger partial charge on any atom is -0.371 e. The summed E-state index contributed by atoms with van der Waals surface area (Å²) in [5.41, 5.74) is 8.28. The van der Waals surface area contributed by atoms with Crippen molar-refractivity contribution in [1.29, 1.82) is 0 Å². The van der Waals surface area contributed by atoms with Gasteiger partial charge in [-0.25, -0.2) is 4.39 Å². The second kappa shape index (κ2) is 5.12. The molecule has 1 atom stereocenters. The molecule has 0 amide bonds. The molecule has 88 valence electrons. The fraction of sp³-hybridized carbons (Fsp3) is 0.385. The lowest BCUT2D eigenvalue weighted by Crippen LogP contribution is -2.21.